The molecule has 1 aromatic rings. The number of carbonyl (C=O) groups excluding carboxylic acids is 2. The van der Waals surface area contributed by atoms with Gasteiger partial charge in [0.05, 0.1) is 25.5 Å². The van der Waals surface area contributed by atoms with Crippen molar-refractivity contribution in [3.05, 3.63) is 23.8 Å². The van der Waals surface area contributed by atoms with Gasteiger partial charge in [-0.1, -0.05) is 6.07 Å². The molecule has 0 fully saturated rings. The maximum absolute atomic E-state index is 11.5. The highest BCUT2D eigenvalue weighted by molar-refractivity contribution is 6.41. The van der Waals surface area contributed by atoms with Crippen molar-refractivity contribution in [1.82, 2.24) is 0 Å². The number of para-hydroxylation sites is 1. The number of esters is 1. The van der Waals surface area contributed by atoms with Crippen LogP contribution in [0.3, 0.4) is 0 Å². The minimum Gasteiger partial charge on any atom is -0.495 e. The van der Waals surface area contributed by atoms with Crippen LogP contribution < -0.4 is 10.5 Å². The molecule has 0 aliphatic rings. The van der Waals surface area contributed by atoms with Gasteiger partial charge < -0.3 is 15.2 Å². The van der Waals surface area contributed by atoms with Crippen molar-refractivity contribution in [2.75, 3.05) is 20.0 Å². The maximum Gasteiger partial charge on any atom is 0.379 e. The van der Waals surface area contributed by atoms with E-state index in [4.69, 9.17) is 10.5 Å². The lowest BCUT2D eigenvalue weighted by atomic mass is 10.1. The number of nitrogen functional groups attached to an aromatic ring is 1. The van der Waals surface area contributed by atoms with Crippen molar-refractivity contribution in [3.8, 4) is 5.75 Å². The lowest BCUT2D eigenvalue weighted by molar-refractivity contribution is -0.135. The Bertz CT molecular complexity index is 400. The van der Waals surface area contributed by atoms with E-state index in [1.165, 1.54) is 13.2 Å². The number of Topliss-reactive ketones (excluding diaryl/α,β-unsaturated/α-hetero) is 1. The summed E-state index contributed by atoms with van der Waals surface area (Å²) in [7, 11) is 2.56. The number of ether oxygens (including phenoxy) is 2. The van der Waals surface area contributed by atoms with Crippen LogP contribution in [0.25, 0.3) is 0 Å². The number of benzene rings is 1. The third-order valence-corrected chi connectivity index (χ3v) is 1.90. The number of methoxy groups -OCH3 is 2. The van der Waals surface area contributed by atoms with Crippen LogP contribution in [0.2, 0.25) is 0 Å². The SMILES string of the molecule is COC(=O)C(=O)c1cccc(OC)c1N. The quantitative estimate of drug-likeness (QED) is 0.342. The standard InChI is InChI=1S/C10H11NO4/c1-14-7-5-3-4-6(8(7)11)9(12)10(13)15-2/h3-5H,11H2,1-2H3. The van der Waals surface area contributed by atoms with Crippen LogP contribution >= 0.6 is 0 Å². The van der Waals surface area contributed by atoms with Crippen LogP contribution in [0.15, 0.2) is 18.2 Å². The van der Waals surface area contributed by atoms with Gasteiger partial charge in [0.1, 0.15) is 5.75 Å². The summed E-state index contributed by atoms with van der Waals surface area (Å²) in [6.07, 6.45) is 0. The van der Waals surface area contributed by atoms with E-state index in [0.29, 0.717) is 5.75 Å². The fraction of sp³-hybridized carbons (Fsp3) is 0.200. The highest BCUT2D eigenvalue weighted by atomic mass is 16.5. The lowest BCUT2D eigenvalue weighted by Gasteiger charge is -2.07. The van der Waals surface area contributed by atoms with Gasteiger partial charge in [0.2, 0.25) is 0 Å². The number of hydrogen-bond donors (Lipinski definition) is 1. The molecule has 0 amide bonds. The summed E-state index contributed by atoms with van der Waals surface area (Å²) in [5.74, 6) is -1.38. The first-order chi connectivity index (χ1) is 7.11. The van der Waals surface area contributed by atoms with E-state index < -0.39 is 11.8 Å². The summed E-state index contributed by atoms with van der Waals surface area (Å²) in [5, 5.41) is 0. The first-order valence-electron chi connectivity index (χ1n) is 4.17. The summed E-state index contributed by atoms with van der Waals surface area (Å²) in [4.78, 5) is 22.5. The molecule has 0 aliphatic carbocycles. The van der Waals surface area contributed by atoms with Crippen LogP contribution in [-0.2, 0) is 9.53 Å². The molecule has 5 nitrogen and oxygen atoms in total. The Morgan fingerprint density at radius 2 is 1.93 bits per heavy atom. The highest BCUT2D eigenvalue weighted by Gasteiger charge is 2.20. The molecule has 0 atom stereocenters. The molecular formula is C10H11NO4. The summed E-state index contributed by atoms with van der Waals surface area (Å²) >= 11 is 0. The van der Waals surface area contributed by atoms with E-state index in [-0.39, 0.29) is 11.3 Å². The molecular weight excluding hydrogens is 198 g/mol. The Labute approximate surface area is 86.8 Å². The van der Waals surface area contributed by atoms with Gasteiger partial charge in [0.25, 0.3) is 5.78 Å². The molecule has 1 rings (SSSR count). The summed E-state index contributed by atoms with van der Waals surface area (Å²) in [6.45, 7) is 0. The van der Waals surface area contributed by atoms with Gasteiger partial charge in [-0.2, -0.15) is 0 Å². The van der Waals surface area contributed by atoms with Crippen molar-refractivity contribution < 1.29 is 19.1 Å². The molecule has 80 valence electrons. The third kappa shape index (κ3) is 2.07. The number of hydrogen-bond acceptors (Lipinski definition) is 5. The maximum atomic E-state index is 11.5. The number of anilines is 1. The fourth-order valence-corrected chi connectivity index (χ4v) is 1.12. The van der Waals surface area contributed by atoms with Gasteiger partial charge in [-0.05, 0) is 12.1 Å². The molecule has 0 aliphatic heterocycles. The predicted molar refractivity (Wildman–Crippen MR) is 53.8 cm³/mol. The van der Waals surface area contributed by atoms with Gasteiger partial charge in [0.15, 0.2) is 0 Å². The molecule has 0 saturated carbocycles. The molecule has 0 bridgehead atoms. The Morgan fingerprint density at radius 1 is 1.27 bits per heavy atom. The zero-order valence-electron chi connectivity index (χ0n) is 8.44. The predicted octanol–water partition coefficient (Wildman–Crippen LogP) is 0.633. The topological polar surface area (TPSA) is 78.6 Å². The number of nitrogens with two attached hydrogens (primary N) is 1. The second kappa shape index (κ2) is 4.45. The number of ketones is 1. The van der Waals surface area contributed by atoms with Crippen LogP contribution in [0.5, 0.6) is 5.75 Å². The van der Waals surface area contributed by atoms with Crippen molar-refractivity contribution in [2.24, 2.45) is 0 Å². The van der Waals surface area contributed by atoms with E-state index in [9.17, 15) is 9.59 Å². The van der Waals surface area contributed by atoms with E-state index in [0.717, 1.165) is 7.11 Å². The minimum absolute atomic E-state index is 0.0844. The van der Waals surface area contributed by atoms with Crippen LogP contribution in [-0.4, -0.2) is 26.0 Å². The van der Waals surface area contributed by atoms with Gasteiger partial charge >= 0.3 is 5.97 Å². The van der Waals surface area contributed by atoms with Crippen molar-refractivity contribution in [3.63, 3.8) is 0 Å². The summed E-state index contributed by atoms with van der Waals surface area (Å²) in [6, 6.07) is 4.62. The molecule has 0 radical (unpaired) electrons. The minimum atomic E-state index is -0.949. The molecule has 0 unspecified atom stereocenters. The molecule has 0 saturated heterocycles. The average Bonchev–Trinajstić information content (AvgIpc) is 2.27. The van der Waals surface area contributed by atoms with Gasteiger partial charge in [-0.15, -0.1) is 0 Å². The molecule has 0 aromatic heterocycles. The van der Waals surface area contributed by atoms with E-state index in [2.05, 4.69) is 4.74 Å². The first kappa shape index (κ1) is 11.0. The van der Waals surface area contributed by atoms with E-state index >= 15 is 0 Å². The summed E-state index contributed by atoms with van der Waals surface area (Å²) < 4.78 is 9.23. The first-order valence-corrected chi connectivity index (χ1v) is 4.17. The second-order valence-electron chi connectivity index (χ2n) is 2.74. The zero-order chi connectivity index (χ0) is 11.4. The molecule has 2 N–H and O–H groups in total. The van der Waals surface area contributed by atoms with Crippen LogP contribution in [0.4, 0.5) is 5.69 Å². The van der Waals surface area contributed by atoms with Crippen molar-refractivity contribution >= 4 is 17.4 Å². The lowest BCUT2D eigenvalue weighted by Crippen LogP contribution is -2.17. The Hall–Kier alpha value is -2.04. The molecule has 15 heavy (non-hydrogen) atoms. The van der Waals surface area contributed by atoms with E-state index in [1.807, 2.05) is 0 Å². The van der Waals surface area contributed by atoms with Crippen molar-refractivity contribution in [2.45, 2.75) is 0 Å². The highest BCUT2D eigenvalue weighted by Crippen LogP contribution is 2.25. The molecule has 1 aromatic carbocycles. The third-order valence-electron chi connectivity index (χ3n) is 1.90. The fourth-order valence-electron chi connectivity index (χ4n) is 1.12. The summed E-state index contributed by atoms with van der Waals surface area (Å²) in [5.41, 5.74) is 5.85. The second-order valence-corrected chi connectivity index (χ2v) is 2.74. The number of rotatable bonds is 3. The van der Waals surface area contributed by atoms with Gasteiger partial charge in [-0.3, -0.25) is 4.79 Å². The van der Waals surface area contributed by atoms with Crippen LogP contribution in [0.1, 0.15) is 10.4 Å². The zero-order valence-corrected chi connectivity index (χ0v) is 8.44. The van der Waals surface area contributed by atoms with Crippen LogP contribution in [0, 0.1) is 0 Å². The Morgan fingerprint density at radius 3 is 2.47 bits per heavy atom. The van der Waals surface area contributed by atoms with E-state index in [1.54, 1.807) is 12.1 Å². The molecule has 5 heteroatoms. The molecule has 0 heterocycles. The Balaban J connectivity index is 3.15. The average molecular weight is 209 g/mol. The van der Waals surface area contributed by atoms with Crippen molar-refractivity contribution in [1.29, 1.82) is 0 Å². The monoisotopic (exact) mass is 209 g/mol. The van der Waals surface area contributed by atoms with Gasteiger partial charge in [-0.25, -0.2) is 4.79 Å². The Kier molecular flexibility index (Phi) is 3.28. The number of carbonyl (C=O) groups is 2. The smallest absolute Gasteiger partial charge is 0.379 e. The largest absolute Gasteiger partial charge is 0.495 e. The van der Waals surface area contributed by atoms with Gasteiger partial charge in [0, 0.05) is 0 Å². The molecule has 0 spiro atoms. The normalized spacial score (nSPS) is 9.47.